The maximum absolute atomic E-state index is 10.4. The standard InChI is InChI=1S/C16H19N7O/c24-15-10-12(11-22-8-4-7-17-22)9-14(15)18-16-19-20-21-23(16)13-5-2-1-3-6-13/h1-8,12,14-15,24H,9-11H2,(H,18,19,21)/t12?,14-,15-/m1/s1. The lowest BCUT2D eigenvalue weighted by atomic mass is 10.1. The van der Waals surface area contributed by atoms with Crippen molar-refractivity contribution >= 4 is 5.95 Å². The Bertz CT molecular complexity index is 771. The summed E-state index contributed by atoms with van der Waals surface area (Å²) >= 11 is 0. The molecule has 1 aromatic carbocycles. The normalized spacial score (nSPS) is 23.5. The van der Waals surface area contributed by atoms with E-state index in [1.54, 1.807) is 10.9 Å². The average molecular weight is 325 g/mol. The molecule has 124 valence electrons. The highest BCUT2D eigenvalue weighted by Gasteiger charge is 2.34. The molecule has 1 aliphatic rings. The maximum atomic E-state index is 10.4. The Morgan fingerprint density at radius 3 is 2.83 bits per heavy atom. The molecule has 3 aromatic rings. The predicted octanol–water partition coefficient (Wildman–Crippen LogP) is 1.11. The van der Waals surface area contributed by atoms with Gasteiger partial charge in [0, 0.05) is 18.9 Å². The van der Waals surface area contributed by atoms with Crippen LogP contribution < -0.4 is 5.32 Å². The van der Waals surface area contributed by atoms with Crippen molar-refractivity contribution < 1.29 is 5.11 Å². The van der Waals surface area contributed by atoms with Gasteiger partial charge in [0.05, 0.1) is 17.8 Å². The number of anilines is 1. The number of hydrogen-bond acceptors (Lipinski definition) is 6. The zero-order chi connectivity index (χ0) is 16.4. The van der Waals surface area contributed by atoms with E-state index in [0.717, 1.165) is 25.1 Å². The first-order valence-corrected chi connectivity index (χ1v) is 8.05. The molecule has 0 saturated heterocycles. The first-order valence-electron chi connectivity index (χ1n) is 8.05. The van der Waals surface area contributed by atoms with Crippen LogP contribution in [0.25, 0.3) is 5.69 Å². The quantitative estimate of drug-likeness (QED) is 0.730. The Kier molecular flexibility index (Phi) is 3.96. The molecule has 2 N–H and O–H groups in total. The van der Waals surface area contributed by atoms with Gasteiger partial charge in [-0.1, -0.05) is 23.3 Å². The molecule has 2 aromatic heterocycles. The number of nitrogens with zero attached hydrogens (tertiary/aromatic N) is 6. The van der Waals surface area contributed by atoms with Crippen LogP contribution in [0, 0.1) is 5.92 Å². The number of para-hydroxylation sites is 1. The molecule has 1 saturated carbocycles. The number of aliphatic hydroxyl groups is 1. The average Bonchev–Trinajstić information content (AvgIpc) is 3.32. The Hall–Kier alpha value is -2.74. The topological polar surface area (TPSA) is 93.7 Å². The monoisotopic (exact) mass is 325 g/mol. The molecule has 4 rings (SSSR count). The molecular weight excluding hydrogens is 306 g/mol. The summed E-state index contributed by atoms with van der Waals surface area (Å²) in [5, 5.41) is 29.7. The van der Waals surface area contributed by atoms with Crippen molar-refractivity contribution in [3.63, 3.8) is 0 Å². The van der Waals surface area contributed by atoms with Gasteiger partial charge in [0.25, 0.3) is 0 Å². The minimum Gasteiger partial charge on any atom is -0.391 e. The van der Waals surface area contributed by atoms with E-state index in [0.29, 0.717) is 11.9 Å². The van der Waals surface area contributed by atoms with E-state index >= 15 is 0 Å². The van der Waals surface area contributed by atoms with Gasteiger partial charge in [0.15, 0.2) is 0 Å². The molecule has 8 nitrogen and oxygen atoms in total. The zero-order valence-corrected chi connectivity index (χ0v) is 13.1. The summed E-state index contributed by atoms with van der Waals surface area (Å²) in [6.07, 6.45) is 4.89. The second-order valence-corrected chi connectivity index (χ2v) is 6.13. The third kappa shape index (κ3) is 3.00. The number of tetrazole rings is 1. The van der Waals surface area contributed by atoms with Crippen molar-refractivity contribution in [2.75, 3.05) is 5.32 Å². The molecule has 0 amide bonds. The number of benzene rings is 1. The van der Waals surface area contributed by atoms with Gasteiger partial charge in [0.2, 0.25) is 5.95 Å². The first kappa shape index (κ1) is 14.8. The van der Waals surface area contributed by atoms with E-state index in [-0.39, 0.29) is 6.04 Å². The minimum absolute atomic E-state index is 0.0703. The van der Waals surface area contributed by atoms with Crippen LogP contribution in [0.15, 0.2) is 48.8 Å². The lowest BCUT2D eigenvalue weighted by Crippen LogP contribution is -2.29. The van der Waals surface area contributed by atoms with E-state index in [2.05, 4.69) is 25.9 Å². The Labute approximate surface area is 139 Å². The van der Waals surface area contributed by atoms with E-state index in [1.165, 1.54) is 0 Å². The van der Waals surface area contributed by atoms with Crippen LogP contribution in [0.4, 0.5) is 5.95 Å². The first-order chi connectivity index (χ1) is 11.8. The van der Waals surface area contributed by atoms with Gasteiger partial charge in [-0.25, -0.2) is 0 Å². The van der Waals surface area contributed by atoms with Crippen LogP contribution in [0.1, 0.15) is 12.8 Å². The van der Waals surface area contributed by atoms with E-state index in [1.807, 2.05) is 47.3 Å². The third-order valence-electron chi connectivity index (χ3n) is 4.42. The highest BCUT2D eigenvalue weighted by atomic mass is 16.3. The van der Waals surface area contributed by atoms with Gasteiger partial charge in [-0.2, -0.15) is 9.78 Å². The lowest BCUT2D eigenvalue weighted by molar-refractivity contribution is 0.165. The molecule has 8 heteroatoms. The summed E-state index contributed by atoms with van der Waals surface area (Å²) in [5.74, 6) is 0.920. The second-order valence-electron chi connectivity index (χ2n) is 6.13. The molecule has 3 atom stereocenters. The van der Waals surface area contributed by atoms with E-state index < -0.39 is 6.10 Å². The Morgan fingerprint density at radius 1 is 1.17 bits per heavy atom. The molecular formula is C16H19N7O. The minimum atomic E-state index is -0.425. The van der Waals surface area contributed by atoms with Gasteiger partial charge in [-0.3, -0.25) is 4.68 Å². The number of aliphatic hydroxyl groups excluding tert-OH is 1. The zero-order valence-electron chi connectivity index (χ0n) is 13.1. The number of aromatic nitrogens is 6. The second kappa shape index (κ2) is 6.40. The van der Waals surface area contributed by atoms with Gasteiger partial charge in [-0.05, 0) is 47.4 Å². The van der Waals surface area contributed by atoms with Crippen LogP contribution >= 0.6 is 0 Å². The summed E-state index contributed by atoms with van der Waals surface area (Å²) < 4.78 is 3.56. The van der Waals surface area contributed by atoms with Gasteiger partial charge in [0.1, 0.15) is 0 Å². The Balaban J connectivity index is 1.45. The lowest BCUT2D eigenvalue weighted by Gasteiger charge is -2.16. The fraction of sp³-hybridized carbons (Fsp3) is 0.375. The highest BCUT2D eigenvalue weighted by molar-refractivity contribution is 5.39. The third-order valence-corrected chi connectivity index (χ3v) is 4.42. The molecule has 24 heavy (non-hydrogen) atoms. The predicted molar refractivity (Wildman–Crippen MR) is 87.5 cm³/mol. The summed E-state index contributed by atoms with van der Waals surface area (Å²) in [6, 6.07) is 11.5. The van der Waals surface area contributed by atoms with Crippen LogP contribution in [-0.2, 0) is 6.54 Å². The van der Waals surface area contributed by atoms with Crippen molar-refractivity contribution in [3.8, 4) is 5.69 Å². The molecule has 0 radical (unpaired) electrons. The van der Waals surface area contributed by atoms with E-state index in [9.17, 15) is 5.11 Å². The molecule has 0 aliphatic heterocycles. The van der Waals surface area contributed by atoms with Crippen molar-refractivity contribution in [1.29, 1.82) is 0 Å². The Morgan fingerprint density at radius 2 is 2.04 bits per heavy atom. The maximum Gasteiger partial charge on any atom is 0.248 e. The summed E-state index contributed by atoms with van der Waals surface area (Å²) in [7, 11) is 0. The highest BCUT2D eigenvalue weighted by Crippen LogP contribution is 2.29. The van der Waals surface area contributed by atoms with Crippen molar-refractivity contribution in [2.24, 2.45) is 5.92 Å². The van der Waals surface area contributed by atoms with E-state index in [4.69, 9.17) is 0 Å². The van der Waals surface area contributed by atoms with Crippen LogP contribution in [-0.4, -0.2) is 47.2 Å². The number of rotatable bonds is 5. The van der Waals surface area contributed by atoms with Crippen LogP contribution in [0.2, 0.25) is 0 Å². The molecule has 1 aliphatic carbocycles. The smallest absolute Gasteiger partial charge is 0.248 e. The van der Waals surface area contributed by atoms with Crippen molar-refractivity contribution in [3.05, 3.63) is 48.8 Å². The van der Waals surface area contributed by atoms with Crippen molar-refractivity contribution in [2.45, 2.75) is 31.5 Å². The van der Waals surface area contributed by atoms with Crippen LogP contribution in [0.3, 0.4) is 0 Å². The summed E-state index contributed by atoms with van der Waals surface area (Å²) in [4.78, 5) is 0. The van der Waals surface area contributed by atoms with Gasteiger partial charge >= 0.3 is 0 Å². The van der Waals surface area contributed by atoms with Crippen molar-refractivity contribution in [1.82, 2.24) is 30.0 Å². The van der Waals surface area contributed by atoms with Gasteiger partial charge < -0.3 is 10.4 Å². The largest absolute Gasteiger partial charge is 0.391 e. The van der Waals surface area contributed by atoms with Gasteiger partial charge in [-0.15, -0.1) is 0 Å². The molecule has 0 bridgehead atoms. The number of hydrogen-bond donors (Lipinski definition) is 2. The van der Waals surface area contributed by atoms with Crippen LogP contribution in [0.5, 0.6) is 0 Å². The summed E-state index contributed by atoms with van der Waals surface area (Å²) in [6.45, 7) is 0.811. The molecule has 2 heterocycles. The summed E-state index contributed by atoms with van der Waals surface area (Å²) in [5.41, 5.74) is 0.880. The molecule has 0 spiro atoms. The SMILES string of the molecule is O[C@@H]1CC(Cn2cccn2)C[C@H]1Nc1nnnn1-c1ccccc1. The fourth-order valence-electron chi connectivity index (χ4n) is 3.28. The molecule has 1 fully saturated rings. The number of nitrogens with one attached hydrogen (secondary N) is 1. The fourth-order valence-corrected chi connectivity index (χ4v) is 3.28. The molecule has 1 unspecified atom stereocenters.